The third-order valence-corrected chi connectivity index (χ3v) is 1.60. The minimum absolute atomic E-state index is 0.0586. The van der Waals surface area contributed by atoms with E-state index in [0.717, 1.165) is 19.4 Å². The predicted octanol–water partition coefficient (Wildman–Crippen LogP) is 1.93. The Labute approximate surface area is 81.2 Å². The molecule has 66 valence electrons. The monoisotopic (exact) mass is 217 g/mol. The molecule has 0 aliphatic carbocycles. The number of hydrogen-bond acceptors (Lipinski definition) is 2. The maximum absolute atomic E-state index is 10.3. The van der Waals surface area contributed by atoms with Gasteiger partial charge < -0.3 is 5.32 Å². The predicted molar refractivity (Wildman–Crippen MR) is 48.5 cm³/mol. The molecule has 2 nitrogen and oxygen atoms in total. The van der Waals surface area contributed by atoms with Gasteiger partial charge in [-0.2, -0.15) is 0 Å². The molecule has 1 heterocycles. The Morgan fingerprint density at radius 1 is 1.55 bits per heavy atom. The Bertz CT molecular complexity index is 114. The molecule has 5 heteroatoms. The molecule has 1 fully saturated rings. The third kappa shape index (κ3) is 5.74. The number of halogens is 3. The SMILES string of the molecule is ClCCl.O=C(Cl)[C@@H]1CCCN1. The van der Waals surface area contributed by atoms with Gasteiger partial charge in [-0.3, -0.25) is 4.79 Å². The summed E-state index contributed by atoms with van der Waals surface area (Å²) in [6.45, 7) is 0.934. The van der Waals surface area contributed by atoms with Crippen LogP contribution in [0.3, 0.4) is 0 Å². The zero-order valence-electron chi connectivity index (χ0n) is 5.95. The van der Waals surface area contributed by atoms with Crippen molar-refractivity contribution in [3.8, 4) is 0 Å². The van der Waals surface area contributed by atoms with Gasteiger partial charge in [0.2, 0.25) is 5.24 Å². The molecule has 11 heavy (non-hydrogen) atoms. The lowest BCUT2D eigenvalue weighted by Gasteiger charge is -1.99. The van der Waals surface area contributed by atoms with Crippen LogP contribution in [-0.4, -0.2) is 23.2 Å². The van der Waals surface area contributed by atoms with Crippen molar-refractivity contribution in [1.29, 1.82) is 0 Å². The summed E-state index contributed by atoms with van der Waals surface area (Å²) in [4.78, 5) is 10.3. The van der Waals surface area contributed by atoms with Crippen molar-refractivity contribution in [2.75, 3.05) is 11.9 Å². The fourth-order valence-electron chi connectivity index (χ4n) is 0.878. The topological polar surface area (TPSA) is 29.1 Å². The lowest BCUT2D eigenvalue weighted by molar-refractivity contribution is -0.113. The third-order valence-electron chi connectivity index (χ3n) is 1.33. The molecule has 1 atom stereocenters. The highest BCUT2D eigenvalue weighted by molar-refractivity contribution is 6.64. The van der Waals surface area contributed by atoms with E-state index in [9.17, 15) is 4.79 Å². The first-order valence-electron chi connectivity index (χ1n) is 3.27. The van der Waals surface area contributed by atoms with Crippen molar-refractivity contribution < 1.29 is 4.79 Å². The van der Waals surface area contributed by atoms with Crippen LogP contribution in [0.1, 0.15) is 12.8 Å². The number of carbonyl (C=O) groups excluding carboxylic acids is 1. The summed E-state index contributed by atoms with van der Waals surface area (Å²) in [6, 6.07) is -0.0586. The molecule has 0 unspecified atom stereocenters. The van der Waals surface area contributed by atoms with Gasteiger partial charge in [0, 0.05) is 0 Å². The molecule has 0 saturated carbocycles. The standard InChI is InChI=1S/C5H8ClNO.CH2Cl2/c6-5(8)4-2-1-3-7-4;2-1-3/h4,7H,1-3H2;1H2/t4-;/m0./s1. The first-order chi connectivity index (χ1) is 5.22. The summed E-state index contributed by atoms with van der Waals surface area (Å²) in [7, 11) is 0. The van der Waals surface area contributed by atoms with E-state index in [0.29, 0.717) is 0 Å². The highest BCUT2D eigenvalue weighted by Gasteiger charge is 2.19. The van der Waals surface area contributed by atoms with E-state index >= 15 is 0 Å². The van der Waals surface area contributed by atoms with Crippen LogP contribution in [0.15, 0.2) is 0 Å². The molecule has 0 radical (unpaired) electrons. The molecule has 0 spiro atoms. The lowest BCUT2D eigenvalue weighted by Crippen LogP contribution is -2.26. The van der Waals surface area contributed by atoms with Crippen LogP contribution in [0, 0.1) is 0 Å². The van der Waals surface area contributed by atoms with Crippen LogP contribution in [0.4, 0.5) is 0 Å². The van der Waals surface area contributed by atoms with Gasteiger partial charge in [-0.05, 0) is 31.0 Å². The van der Waals surface area contributed by atoms with E-state index in [4.69, 9.17) is 34.8 Å². The minimum atomic E-state index is -0.248. The highest BCUT2D eigenvalue weighted by atomic mass is 35.5. The van der Waals surface area contributed by atoms with Crippen molar-refractivity contribution in [1.82, 2.24) is 5.32 Å². The second-order valence-corrected chi connectivity index (χ2v) is 3.23. The number of nitrogens with one attached hydrogen (secondary N) is 1. The van der Waals surface area contributed by atoms with E-state index in [1.165, 1.54) is 0 Å². The molecule has 0 aromatic rings. The van der Waals surface area contributed by atoms with Gasteiger partial charge in [0.1, 0.15) is 0 Å². The highest BCUT2D eigenvalue weighted by Crippen LogP contribution is 2.06. The Balaban J connectivity index is 0.000000292. The zero-order chi connectivity index (χ0) is 8.69. The maximum Gasteiger partial charge on any atom is 0.238 e. The van der Waals surface area contributed by atoms with Crippen LogP contribution in [0.5, 0.6) is 0 Å². The Morgan fingerprint density at radius 2 is 2.09 bits per heavy atom. The maximum atomic E-state index is 10.3. The van der Waals surface area contributed by atoms with Gasteiger partial charge in [0.25, 0.3) is 0 Å². The smallest absolute Gasteiger partial charge is 0.238 e. The summed E-state index contributed by atoms with van der Waals surface area (Å²) in [5.41, 5.74) is 0. The summed E-state index contributed by atoms with van der Waals surface area (Å²) in [5.74, 6) is 0. The van der Waals surface area contributed by atoms with Crippen LogP contribution >= 0.6 is 34.8 Å². The molecule has 1 aliphatic heterocycles. The number of hydrogen-bond donors (Lipinski definition) is 1. The van der Waals surface area contributed by atoms with Gasteiger partial charge in [-0.15, -0.1) is 23.2 Å². The summed E-state index contributed by atoms with van der Waals surface area (Å²) in [5, 5.41) is 2.92. The van der Waals surface area contributed by atoms with Crippen LogP contribution in [0.2, 0.25) is 0 Å². The zero-order valence-corrected chi connectivity index (χ0v) is 8.22. The van der Waals surface area contributed by atoms with Crippen molar-refractivity contribution in [2.24, 2.45) is 0 Å². The van der Waals surface area contributed by atoms with Crippen LogP contribution in [-0.2, 0) is 4.79 Å². The number of rotatable bonds is 1. The molecular weight excluding hydrogens is 208 g/mol. The number of alkyl halides is 2. The van der Waals surface area contributed by atoms with Crippen molar-refractivity contribution in [3.63, 3.8) is 0 Å². The second kappa shape index (κ2) is 7.17. The van der Waals surface area contributed by atoms with Gasteiger partial charge in [0.15, 0.2) is 0 Å². The first-order valence-corrected chi connectivity index (χ1v) is 4.71. The lowest BCUT2D eigenvalue weighted by atomic mass is 10.2. The summed E-state index contributed by atoms with van der Waals surface area (Å²) in [6.07, 6.45) is 1.98. The largest absolute Gasteiger partial charge is 0.306 e. The van der Waals surface area contributed by atoms with Gasteiger partial charge >= 0.3 is 0 Å². The molecule has 1 saturated heterocycles. The van der Waals surface area contributed by atoms with Crippen molar-refractivity contribution in [3.05, 3.63) is 0 Å². The average molecular weight is 219 g/mol. The van der Waals surface area contributed by atoms with Gasteiger partial charge in [-0.1, -0.05) is 0 Å². The van der Waals surface area contributed by atoms with Gasteiger partial charge in [0.05, 0.1) is 11.4 Å². The number of carbonyl (C=O) groups is 1. The van der Waals surface area contributed by atoms with Crippen molar-refractivity contribution in [2.45, 2.75) is 18.9 Å². The second-order valence-electron chi connectivity index (χ2n) is 2.05. The van der Waals surface area contributed by atoms with E-state index in [1.54, 1.807) is 0 Å². The minimum Gasteiger partial charge on any atom is -0.306 e. The van der Waals surface area contributed by atoms with Crippen LogP contribution < -0.4 is 5.32 Å². The summed E-state index contributed by atoms with van der Waals surface area (Å²) < 4.78 is 0. The van der Waals surface area contributed by atoms with E-state index in [-0.39, 0.29) is 16.6 Å². The molecule has 1 rings (SSSR count). The normalized spacial score (nSPS) is 22.3. The van der Waals surface area contributed by atoms with Crippen molar-refractivity contribution >= 4 is 40.0 Å². The summed E-state index contributed by atoms with van der Waals surface area (Å²) >= 11 is 14.7. The molecule has 1 N–H and O–H groups in total. The van der Waals surface area contributed by atoms with E-state index in [1.807, 2.05) is 0 Å². The van der Waals surface area contributed by atoms with Gasteiger partial charge in [-0.25, -0.2) is 0 Å². The molecule has 0 bridgehead atoms. The van der Waals surface area contributed by atoms with Crippen LogP contribution in [0.25, 0.3) is 0 Å². The Hall–Kier alpha value is 0.500. The fraction of sp³-hybridized carbons (Fsp3) is 0.833. The molecule has 1 aliphatic rings. The molecule has 0 aromatic carbocycles. The quantitative estimate of drug-likeness (QED) is 0.538. The Morgan fingerprint density at radius 3 is 2.27 bits per heavy atom. The van der Waals surface area contributed by atoms with E-state index < -0.39 is 0 Å². The first kappa shape index (κ1) is 11.5. The molecule has 0 amide bonds. The molecule has 0 aromatic heterocycles. The average Bonchev–Trinajstić information content (AvgIpc) is 2.38. The fourth-order valence-corrected chi connectivity index (χ4v) is 1.06. The molecular formula is C6H10Cl3NO. The van der Waals surface area contributed by atoms with E-state index in [2.05, 4.69) is 5.32 Å². The Kier molecular flexibility index (Phi) is 7.49.